The van der Waals surface area contributed by atoms with Crippen molar-refractivity contribution in [1.82, 2.24) is 0 Å². The first-order valence-corrected chi connectivity index (χ1v) is 7.96. The number of carbonyl (C=O) groups is 1. The molecular formula is C20H13N3O3. The summed E-state index contributed by atoms with van der Waals surface area (Å²) in [5.41, 5.74) is 3.81. The second-order valence-corrected chi connectivity index (χ2v) is 5.81. The first-order chi connectivity index (χ1) is 12.6. The highest BCUT2D eigenvalue weighted by Crippen LogP contribution is 2.30. The molecule has 0 aromatic heterocycles. The molecule has 6 nitrogen and oxygen atoms in total. The lowest BCUT2D eigenvalue weighted by molar-refractivity contribution is -0.384. The van der Waals surface area contributed by atoms with Crippen LogP contribution in [0.4, 0.5) is 17.1 Å². The first-order valence-electron chi connectivity index (χ1n) is 7.96. The summed E-state index contributed by atoms with van der Waals surface area (Å²) in [6.45, 7) is 0. The molecule has 6 heteroatoms. The summed E-state index contributed by atoms with van der Waals surface area (Å²) in [6, 6.07) is 21.7. The number of carbonyl (C=O) groups excluding carboxylic acids is 1. The van der Waals surface area contributed by atoms with E-state index >= 15 is 0 Å². The third-order valence-corrected chi connectivity index (χ3v) is 4.15. The average molecular weight is 343 g/mol. The quantitative estimate of drug-likeness (QED) is 0.567. The minimum atomic E-state index is -0.491. The van der Waals surface area contributed by atoms with Crippen LogP contribution >= 0.6 is 0 Å². The summed E-state index contributed by atoms with van der Waals surface area (Å²) in [6.07, 6.45) is 0. The predicted octanol–water partition coefficient (Wildman–Crippen LogP) is 4.33. The van der Waals surface area contributed by atoms with Crippen molar-refractivity contribution in [1.29, 1.82) is 0 Å². The van der Waals surface area contributed by atoms with Crippen LogP contribution in [0.3, 0.4) is 0 Å². The zero-order valence-electron chi connectivity index (χ0n) is 13.5. The molecule has 0 aliphatic carbocycles. The molecule has 1 N–H and O–H groups in total. The van der Waals surface area contributed by atoms with E-state index in [9.17, 15) is 14.9 Å². The van der Waals surface area contributed by atoms with Crippen LogP contribution in [0, 0.1) is 10.1 Å². The standard InChI is InChI=1S/C20H13N3O3/c24-20-19(17-12-16(23(25)26)10-11-18(17)22-20)21-15-8-6-14(7-9-15)13-4-2-1-3-5-13/h1-12H,(H,21,22,24). The number of non-ortho nitro benzene ring substituents is 1. The second kappa shape index (κ2) is 6.25. The predicted molar refractivity (Wildman–Crippen MR) is 99.8 cm³/mol. The number of hydrogen-bond donors (Lipinski definition) is 1. The topological polar surface area (TPSA) is 84.6 Å². The molecule has 126 valence electrons. The molecule has 4 rings (SSSR count). The molecule has 1 aliphatic rings. The number of aliphatic imine (C=N–C) groups is 1. The van der Waals surface area contributed by atoms with Crippen molar-refractivity contribution >= 4 is 28.7 Å². The Labute approximate surface area is 149 Å². The van der Waals surface area contributed by atoms with Gasteiger partial charge in [-0.1, -0.05) is 42.5 Å². The molecule has 0 saturated carbocycles. The van der Waals surface area contributed by atoms with Crippen molar-refractivity contribution in [2.75, 3.05) is 5.32 Å². The van der Waals surface area contributed by atoms with Gasteiger partial charge in [0.15, 0.2) is 0 Å². The van der Waals surface area contributed by atoms with Crippen molar-refractivity contribution in [3.8, 4) is 11.1 Å². The van der Waals surface area contributed by atoms with E-state index in [0.717, 1.165) is 11.1 Å². The molecule has 0 spiro atoms. The maximum atomic E-state index is 12.2. The first kappa shape index (κ1) is 15.7. The number of nitrogens with zero attached hydrogens (tertiary/aromatic N) is 2. The van der Waals surface area contributed by atoms with Crippen molar-refractivity contribution in [3.63, 3.8) is 0 Å². The molecule has 26 heavy (non-hydrogen) atoms. The lowest BCUT2D eigenvalue weighted by Crippen LogP contribution is -2.13. The maximum absolute atomic E-state index is 12.2. The third kappa shape index (κ3) is 2.84. The van der Waals surface area contributed by atoms with Gasteiger partial charge in [0, 0.05) is 17.7 Å². The molecule has 0 atom stereocenters. The summed E-state index contributed by atoms with van der Waals surface area (Å²) in [4.78, 5) is 27.1. The van der Waals surface area contributed by atoms with Gasteiger partial charge in [-0.2, -0.15) is 0 Å². The van der Waals surface area contributed by atoms with E-state index in [-0.39, 0.29) is 17.3 Å². The number of hydrogen-bond acceptors (Lipinski definition) is 4. The monoisotopic (exact) mass is 343 g/mol. The van der Waals surface area contributed by atoms with Gasteiger partial charge in [0.1, 0.15) is 5.71 Å². The van der Waals surface area contributed by atoms with Crippen LogP contribution in [0.15, 0.2) is 77.8 Å². The van der Waals surface area contributed by atoms with E-state index in [2.05, 4.69) is 10.3 Å². The van der Waals surface area contributed by atoms with Gasteiger partial charge in [-0.05, 0) is 29.3 Å². The number of nitro groups is 1. The summed E-state index contributed by atoms with van der Waals surface area (Å²) in [5, 5.41) is 13.7. The van der Waals surface area contributed by atoms with E-state index in [1.807, 2.05) is 54.6 Å². The lowest BCUT2D eigenvalue weighted by atomic mass is 10.1. The van der Waals surface area contributed by atoms with E-state index in [0.29, 0.717) is 16.9 Å². The molecule has 0 radical (unpaired) electrons. The van der Waals surface area contributed by atoms with E-state index in [1.165, 1.54) is 18.2 Å². The number of amides is 1. The fraction of sp³-hybridized carbons (Fsp3) is 0. The maximum Gasteiger partial charge on any atom is 0.275 e. The van der Waals surface area contributed by atoms with Gasteiger partial charge >= 0.3 is 0 Å². The Hall–Kier alpha value is -3.80. The molecule has 0 unspecified atom stereocenters. The normalized spacial score (nSPS) is 14.2. The number of benzene rings is 3. The highest BCUT2D eigenvalue weighted by Gasteiger charge is 2.28. The number of anilines is 1. The van der Waals surface area contributed by atoms with Crippen LogP contribution < -0.4 is 5.32 Å². The summed E-state index contributed by atoms with van der Waals surface area (Å²) in [7, 11) is 0. The fourth-order valence-electron chi connectivity index (χ4n) is 2.85. The van der Waals surface area contributed by atoms with Crippen molar-refractivity contribution in [3.05, 3.63) is 88.5 Å². The Kier molecular flexibility index (Phi) is 3.78. The molecular weight excluding hydrogens is 330 g/mol. The van der Waals surface area contributed by atoms with Crippen molar-refractivity contribution in [2.45, 2.75) is 0 Å². The van der Waals surface area contributed by atoms with Crippen LogP contribution in [0.25, 0.3) is 11.1 Å². The van der Waals surface area contributed by atoms with Gasteiger partial charge in [-0.15, -0.1) is 0 Å². The minimum absolute atomic E-state index is 0.0765. The van der Waals surface area contributed by atoms with Crippen LogP contribution in [0.2, 0.25) is 0 Å². The molecule has 0 fully saturated rings. The lowest BCUT2D eigenvalue weighted by Gasteiger charge is -2.02. The van der Waals surface area contributed by atoms with Gasteiger partial charge in [0.25, 0.3) is 11.6 Å². The zero-order chi connectivity index (χ0) is 18.1. The number of rotatable bonds is 3. The fourth-order valence-corrected chi connectivity index (χ4v) is 2.85. The van der Waals surface area contributed by atoms with Crippen LogP contribution in [0.5, 0.6) is 0 Å². The Morgan fingerprint density at radius 2 is 1.58 bits per heavy atom. The van der Waals surface area contributed by atoms with E-state index < -0.39 is 4.92 Å². The number of fused-ring (bicyclic) bond motifs is 1. The highest BCUT2D eigenvalue weighted by atomic mass is 16.6. The molecule has 3 aromatic rings. The second-order valence-electron chi connectivity index (χ2n) is 5.81. The third-order valence-electron chi connectivity index (χ3n) is 4.15. The zero-order valence-corrected chi connectivity index (χ0v) is 13.5. The molecule has 0 bridgehead atoms. The molecule has 1 aliphatic heterocycles. The van der Waals surface area contributed by atoms with Gasteiger partial charge in [0.2, 0.25) is 0 Å². The van der Waals surface area contributed by atoms with Gasteiger partial charge in [0.05, 0.1) is 16.3 Å². The summed E-state index contributed by atoms with van der Waals surface area (Å²) >= 11 is 0. The van der Waals surface area contributed by atoms with Gasteiger partial charge in [-0.3, -0.25) is 14.9 Å². The van der Waals surface area contributed by atoms with Crippen LogP contribution in [-0.4, -0.2) is 16.5 Å². The van der Waals surface area contributed by atoms with Crippen LogP contribution in [0.1, 0.15) is 5.56 Å². The molecule has 3 aromatic carbocycles. The Bertz CT molecular complexity index is 1040. The SMILES string of the molecule is O=C1Nc2ccc([N+](=O)[O-])cc2C1=Nc1ccc(-c2ccccc2)cc1. The minimum Gasteiger partial charge on any atom is -0.320 e. The van der Waals surface area contributed by atoms with Crippen molar-refractivity contribution < 1.29 is 9.72 Å². The average Bonchev–Trinajstić information content (AvgIpc) is 2.98. The molecule has 1 heterocycles. The molecule has 1 amide bonds. The summed E-state index contributed by atoms with van der Waals surface area (Å²) in [5.74, 6) is -0.368. The number of nitro benzene ring substituents is 1. The van der Waals surface area contributed by atoms with E-state index in [4.69, 9.17) is 0 Å². The Morgan fingerprint density at radius 1 is 0.885 bits per heavy atom. The van der Waals surface area contributed by atoms with Crippen LogP contribution in [-0.2, 0) is 4.79 Å². The Morgan fingerprint density at radius 3 is 2.27 bits per heavy atom. The number of nitrogens with one attached hydrogen (secondary N) is 1. The van der Waals surface area contributed by atoms with Gasteiger partial charge in [-0.25, -0.2) is 4.99 Å². The summed E-state index contributed by atoms with van der Waals surface area (Å²) < 4.78 is 0. The highest BCUT2D eigenvalue weighted by molar-refractivity contribution is 6.54. The Balaban J connectivity index is 1.70. The van der Waals surface area contributed by atoms with Crippen molar-refractivity contribution in [2.24, 2.45) is 4.99 Å². The smallest absolute Gasteiger partial charge is 0.275 e. The largest absolute Gasteiger partial charge is 0.320 e. The molecule has 0 saturated heterocycles. The van der Waals surface area contributed by atoms with Gasteiger partial charge < -0.3 is 5.32 Å². The van der Waals surface area contributed by atoms with E-state index in [1.54, 1.807) is 0 Å².